The molecule has 1 heterocycles. The van der Waals surface area contributed by atoms with Crippen molar-refractivity contribution in [3.63, 3.8) is 0 Å². The van der Waals surface area contributed by atoms with Gasteiger partial charge in [-0.15, -0.1) is 11.3 Å². The Bertz CT molecular complexity index is 440. The maximum Gasteiger partial charge on any atom is 0.0285 e. The molecule has 3 heteroatoms. The zero-order valence-corrected chi connectivity index (χ0v) is 15.5. The fourth-order valence-electron chi connectivity index (χ4n) is 3.94. The highest BCUT2D eigenvalue weighted by Crippen LogP contribution is 2.39. The molecule has 0 spiro atoms. The quantitative estimate of drug-likeness (QED) is 0.655. The second-order valence-corrected chi connectivity index (χ2v) is 9.02. The van der Waals surface area contributed by atoms with Crippen LogP contribution in [-0.2, 0) is 6.42 Å². The largest absolute Gasteiger partial charge is 0.314 e. The van der Waals surface area contributed by atoms with E-state index in [-0.39, 0.29) is 0 Å². The van der Waals surface area contributed by atoms with E-state index in [0.717, 1.165) is 23.8 Å². The summed E-state index contributed by atoms with van der Waals surface area (Å²) in [6, 6.07) is 3.19. The van der Waals surface area contributed by atoms with Crippen LogP contribution in [0.1, 0.15) is 56.7 Å². The first-order valence-corrected chi connectivity index (χ1v) is 10.4. The van der Waals surface area contributed by atoms with Crippen LogP contribution in [0.5, 0.6) is 0 Å². The van der Waals surface area contributed by atoms with E-state index in [1.165, 1.54) is 62.4 Å². The van der Waals surface area contributed by atoms with Crippen LogP contribution in [0.4, 0.5) is 0 Å². The maximum absolute atomic E-state index is 3.79. The standard InChI is InChI=1S/C18H28BrNS/c1-2-3-13-4-5-14(11-20-17-6-7-17)15(8-13)9-18-10-16(19)12-21-18/h10,12-15,17,20H,2-9,11H2,1H3. The molecule has 0 aromatic carbocycles. The first kappa shape index (κ1) is 16.0. The Hall–Kier alpha value is 0.140. The van der Waals surface area contributed by atoms with Crippen molar-refractivity contribution in [1.82, 2.24) is 5.32 Å². The molecular weight excluding hydrogens is 342 g/mol. The predicted molar refractivity (Wildman–Crippen MR) is 96.0 cm³/mol. The third kappa shape index (κ3) is 4.80. The van der Waals surface area contributed by atoms with Gasteiger partial charge in [0, 0.05) is 20.8 Å². The number of hydrogen-bond acceptors (Lipinski definition) is 2. The molecule has 1 N–H and O–H groups in total. The summed E-state index contributed by atoms with van der Waals surface area (Å²) in [5.74, 6) is 2.78. The van der Waals surface area contributed by atoms with Gasteiger partial charge in [-0.25, -0.2) is 0 Å². The van der Waals surface area contributed by atoms with Crippen LogP contribution in [0.15, 0.2) is 15.9 Å². The molecule has 0 amide bonds. The molecule has 2 aliphatic carbocycles. The van der Waals surface area contributed by atoms with Crippen molar-refractivity contribution in [2.75, 3.05) is 6.54 Å². The third-order valence-corrected chi connectivity index (χ3v) is 7.00. The first-order chi connectivity index (χ1) is 10.2. The van der Waals surface area contributed by atoms with Crippen LogP contribution < -0.4 is 5.32 Å². The lowest BCUT2D eigenvalue weighted by Crippen LogP contribution is -2.35. The number of thiophene rings is 1. The van der Waals surface area contributed by atoms with E-state index >= 15 is 0 Å². The fourth-order valence-corrected chi connectivity index (χ4v) is 5.48. The molecule has 2 fully saturated rings. The maximum atomic E-state index is 3.79. The monoisotopic (exact) mass is 369 g/mol. The minimum Gasteiger partial charge on any atom is -0.314 e. The minimum absolute atomic E-state index is 0.856. The molecule has 0 aliphatic heterocycles. The molecule has 0 radical (unpaired) electrons. The number of halogens is 1. The Labute approximate surface area is 142 Å². The second kappa shape index (κ2) is 7.61. The molecule has 1 aromatic rings. The van der Waals surface area contributed by atoms with E-state index in [1.807, 2.05) is 11.3 Å². The van der Waals surface area contributed by atoms with E-state index in [2.05, 4.69) is 39.6 Å². The topological polar surface area (TPSA) is 12.0 Å². The van der Waals surface area contributed by atoms with Crippen molar-refractivity contribution in [1.29, 1.82) is 0 Å². The third-order valence-electron chi connectivity index (χ3n) is 5.28. The zero-order valence-electron chi connectivity index (χ0n) is 13.1. The van der Waals surface area contributed by atoms with E-state index in [4.69, 9.17) is 0 Å². The van der Waals surface area contributed by atoms with Gasteiger partial charge in [-0.2, -0.15) is 0 Å². The molecule has 118 valence electrons. The van der Waals surface area contributed by atoms with Gasteiger partial charge in [0.15, 0.2) is 0 Å². The molecule has 2 saturated carbocycles. The summed E-state index contributed by atoms with van der Waals surface area (Å²) in [4.78, 5) is 1.57. The smallest absolute Gasteiger partial charge is 0.0285 e. The van der Waals surface area contributed by atoms with Gasteiger partial charge in [0.05, 0.1) is 0 Å². The molecule has 3 unspecified atom stereocenters. The van der Waals surface area contributed by atoms with Crippen LogP contribution in [0.3, 0.4) is 0 Å². The van der Waals surface area contributed by atoms with Gasteiger partial charge in [-0.1, -0.05) is 26.2 Å². The Kier molecular flexibility index (Phi) is 5.80. The van der Waals surface area contributed by atoms with Crippen molar-refractivity contribution in [3.8, 4) is 0 Å². The first-order valence-electron chi connectivity index (χ1n) is 8.71. The van der Waals surface area contributed by atoms with Crippen LogP contribution in [0.2, 0.25) is 0 Å². The number of nitrogens with one attached hydrogen (secondary N) is 1. The number of hydrogen-bond donors (Lipinski definition) is 1. The van der Waals surface area contributed by atoms with Crippen molar-refractivity contribution in [2.24, 2.45) is 17.8 Å². The van der Waals surface area contributed by atoms with Gasteiger partial charge in [-0.3, -0.25) is 0 Å². The molecule has 1 nitrogen and oxygen atoms in total. The zero-order chi connectivity index (χ0) is 14.7. The van der Waals surface area contributed by atoms with E-state index < -0.39 is 0 Å². The van der Waals surface area contributed by atoms with E-state index in [1.54, 1.807) is 4.88 Å². The molecule has 1 aromatic heterocycles. The van der Waals surface area contributed by atoms with Crippen LogP contribution >= 0.6 is 27.3 Å². The summed E-state index contributed by atoms with van der Waals surface area (Å²) in [6.07, 6.45) is 11.3. The van der Waals surface area contributed by atoms with E-state index in [0.29, 0.717) is 0 Å². The Morgan fingerprint density at radius 1 is 1.24 bits per heavy atom. The Morgan fingerprint density at radius 3 is 2.76 bits per heavy atom. The van der Waals surface area contributed by atoms with Crippen molar-refractivity contribution >= 4 is 27.3 Å². The lowest BCUT2D eigenvalue weighted by Gasteiger charge is -2.36. The molecule has 21 heavy (non-hydrogen) atoms. The average molecular weight is 370 g/mol. The molecule has 0 saturated heterocycles. The Morgan fingerprint density at radius 2 is 2.10 bits per heavy atom. The highest BCUT2D eigenvalue weighted by Gasteiger charge is 2.31. The lowest BCUT2D eigenvalue weighted by molar-refractivity contribution is 0.168. The van der Waals surface area contributed by atoms with Gasteiger partial charge in [0.25, 0.3) is 0 Å². The summed E-state index contributed by atoms with van der Waals surface area (Å²) < 4.78 is 1.26. The fraction of sp³-hybridized carbons (Fsp3) is 0.778. The molecular formula is C18H28BrNS. The van der Waals surface area contributed by atoms with Crippen molar-refractivity contribution in [2.45, 2.75) is 64.3 Å². The highest BCUT2D eigenvalue weighted by molar-refractivity contribution is 9.10. The van der Waals surface area contributed by atoms with Gasteiger partial charge < -0.3 is 5.32 Å². The van der Waals surface area contributed by atoms with Crippen LogP contribution in [-0.4, -0.2) is 12.6 Å². The molecule has 3 rings (SSSR count). The minimum atomic E-state index is 0.856. The second-order valence-electron chi connectivity index (χ2n) is 7.11. The summed E-state index contributed by atoms with van der Waals surface area (Å²) in [6.45, 7) is 3.60. The van der Waals surface area contributed by atoms with Crippen LogP contribution in [0, 0.1) is 17.8 Å². The van der Waals surface area contributed by atoms with Crippen molar-refractivity contribution in [3.05, 3.63) is 20.8 Å². The molecule has 3 atom stereocenters. The van der Waals surface area contributed by atoms with Gasteiger partial charge >= 0.3 is 0 Å². The summed E-state index contributed by atoms with van der Waals surface area (Å²) in [7, 11) is 0. The predicted octanol–water partition coefficient (Wildman–Crippen LogP) is 5.64. The van der Waals surface area contributed by atoms with Crippen LogP contribution in [0.25, 0.3) is 0 Å². The highest BCUT2D eigenvalue weighted by atomic mass is 79.9. The Balaban J connectivity index is 1.59. The normalized spacial score (nSPS) is 29.7. The number of rotatable bonds is 7. The SMILES string of the molecule is CCCC1CCC(CNC2CC2)C(Cc2cc(Br)cs2)C1. The van der Waals surface area contributed by atoms with Gasteiger partial charge in [-0.05, 0) is 78.4 Å². The lowest BCUT2D eigenvalue weighted by atomic mass is 9.71. The molecule has 0 bridgehead atoms. The summed E-state index contributed by atoms with van der Waals surface area (Å²) >= 11 is 5.53. The van der Waals surface area contributed by atoms with E-state index in [9.17, 15) is 0 Å². The van der Waals surface area contributed by atoms with Gasteiger partial charge in [0.2, 0.25) is 0 Å². The summed E-state index contributed by atoms with van der Waals surface area (Å²) in [5, 5.41) is 6.02. The summed E-state index contributed by atoms with van der Waals surface area (Å²) in [5.41, 5.74) is 0. The van der Waals surface area contributed by atoms with Gasteiger partial charge in [0.1, 0.15) is 0 Å². The molecule has 2 aliphatic rings. The van der Waals surface area contributed by atoms with Crippen molar-refractivity contribution < 1.29 is 0 Å². The average Bonchev–Trinajstić information content (AvgIpc) is 3.21.